The molecule has 1 aliphatic rings. The molecule has 0 fully saturated rings. The Morgan fingerprint density at radius 3 is 1.93 bits per heavy atom. The summed E-state index contributed by atoms with van der Waals surface area (Å²) < 4.78 is 0. The van der Waals surface area contributed by atoms with Crippen molar-refractivity contribution in [2.45, 2.75) is 0 Å². The molecule has 1 aliphatic heterocycles. The second-order valence-corrected chi connectivity index (χ2v) is 7.05. The van der Waals surface area contributed by atoms with Crippen LogP contribution in [0.2, 0.25) is 0 Å². The Morgan fingerprint density at radius 1 is 0.667 bits per heavy atom. The van der Waals surface area contributed by atoms with Gasteiger partial charge in [-0.25, -0.2) is 4.90 Å². The number of amides is 3. The van der Waals surface area contributed by atoms with Crippen LogP contribution in [0.4, 0.5) is 11.4 Å². The molecular formula is C25H16N2O3. The summed E-state index contributed by atoms with van der Waals surface area (Å²) in [5.41, 5.74) is 2.39. The van der Waals surface area contributed by atoms with Crippen molar-refractivity contribution in [3.63, 3.8) is 0 Å². The number of carbonyl (C=O) groups is 3. The smallest absolute Gasteiger partial charge is 0.266 e. The normalized spacial score (nSPS) is 12.9. The van der Waals surface area contributed by atoms with E-state index in [0.29, 0.717) is 28.1 Å². The number of benzene rings is 4. The minimum absolute atomic E-state index is 0.228. The molecule has 30 heavy (non-hydrogen) atoms. The molecule has 1 N–H and O–H groups in total. The SMILES string of the molecule is O=C(Nc1ccc(N2C(=O)c3ccccc3C2=O)cc1)c1ccc2ccccc2c1. The molecular weight excluding hydrogens is 376 g/mol. The topological polar surface area (TPSA) is 66.5 Å². The summed E-state index contributed by atoms with van der Waals surface area (Å²) in [6.07, 6.45) is 0. The van der Waals surface area contributed by atoms with Gasteiger partial charge in [0.2, 0.25) is 0 Å². The fraction of sp³-hybridized carbons (Fsp3) is 0. The monoisotopic (exact) mass is 392 g/mol. The number of rotatable bonds is 3. The van der Waals surface area contributed by atoms with Gasteiger partial charge in [0, 0.05) is 11.3 Å². The first-order valence-electron chi connectivity index (χ1n) is 9.50. The van der Waals surface area contributed by atoms with Crippen LogP contribution < -0.4 is 10.2 Å². The minimum Gasteiger partial charge on any atom is -0.322 e. The predicted molar refractivity (Wildman–Crippen MR) is 116 cm³/mol. The number of hydrogen-bond acceptors (Lipinski definition) is 3. The molecule has 1 heterocycles. The molecule has 0 atom stereocenters. The van der Waals surface area contributed by atoms with Crippen LogP contribution in [0.25, 0.3) is 10.8 Å². The average Bonchev–Trinajstić information content (AvgIpc) is 3.04. The Bertz CT molecular complexity index is 1290. The summed E-state index contributed by atoms with van der Waals surface area (Å²) in [7, 11) is 0. The molecule has 0 aliphatic carbocycles. The number of imide groups is 1. The largest absolute Gasteiger partial charge is 0.322 e. The molecule has 5 nitrogen and oxygen atoms in total. The van der Waals surface area contributed by atoms with Gasteiger partial charge >= 0.3 is 0 Å². The Morgan fingerprint density at radius 2 is 1.27 bits per heavy atom. The van der Waals surface area contributed by atoms with E-state index in [9.17, 15) is 14.4 Å². The van der Waals surface area contributed by atoms with Crippen LogP contribution in [0.5, 0.6) is 0 Å². The molecule has 5 heteroatoms. The van der Waals surface area contributed by atoms with Crippen molar-refractivity contribution >= 4 is 39.9 Å². The molecule has 5 rings (SSSR count). The van der Waals surface area contributed by atoms with Gasteiger partial charge in [-0.05, 0) is 59.3 Å². The highest BCUT2D eigenvalue weighted by Gasteiger charge is 2.36. The molecule has 0 spiro atoms. The standard InChI is InChI=1S/C25H16N2O3/c28-23(18-10-9-16-5-1-2-6-17(16)15-18)26-19-11-13-20(14-12-19)27-24(29)21-7-3-4-8-22(21)25(27)30/h1-15H,(H,26,28). The first-order valence-corrected chi connectivity index (χ1v) is 9.50. The molecule has 0 radical (unpaired) electrons. The van der Waals surface area contributed by atoms with Gasteiger partial charge in [0.25, 0.3) is 17.7 Å². The second kappa shape index (κ2) is 6.97. The predicted octanol–water partition coefficient (Wildman–Crippen LogP) is 4.89. The summed E-state index contributed by atoms with van der Waals surface area (Å²) in [6.45, 7) is 0. The van der Waals surface area contributed by atoms with Crippen LogP contribution >= 0.6 is 0 Å². The van der Waals surface area contributed by atoms with Gasteiger partial charge in [0.05, 0.1) is 16.8 Å². The highest BCUT2D eigenvalue weighted by molar-refractivity contribution is 6.34. The number of carbonyl (C=O) groups excluding carboxylic acids is 3. The third-order valence-electron chi connectivity index (χ3n) is 5.19. The number of fused-ring (bicyclic) bond motifs is 2. The summed E-state index contributed by atoms with van der Waals surface area (Å²) in [5, 5.41) is 4.91. The lowest BCUT2D eigenvalue weighted by molar-refractivity contribution is 0.0924. The Labute approximate surface area is 172 Å². The van der Waals surface area contributed by atoms with E-state index in [-0.39, 0.29) is 17.7 Å². The van der Waals surface area contributed by atoms with Gasteiger partial charge in [-0.1, -0.05) is 42.5 Å². The van der Waals surface area contributed by atoms with Crippen LogP contribution in [-0.2, 0) is 0 Å². The molecule has 4 aromatic carbocycles. The zero-order chi connectivity index (χ0) is 20.7. The third kappa shape index (κ3) is 2.93. The van der Waals surface area contributed by atoms with Crippen molar-refractivity contribution in [2.24, 2.45) is 0 Å². The number of hydrogen-bond donors (Lipinski definition) is 1. The minimum atomic E-state index is -0.344. The summed E-state index contributed by atoms with van der Waals surface area (Å²) >= 11 is 0. The van der Waals surface area contributed by atoms with E-state index < -0.39 is 0 Å². The Kier molecular flexibility index (Phi) is 4.14. The lowest BCUT2D eigenvalue weighted by atomic mass is 10.1. The van der Waals surface area contributed by atoms with Gasteiger partial charge in [0.15, 0.2) is 0 Å². The Hall–Kier alpha value is -4.25. The molecule has 0 aromatic heterocycles. The quantitative estimate of drug-likeness (QED) is 0.505. The summed E-state index contributed by atoms with van der Waals surface area (Å²) in [6, 6.07) is 26.8. The van der Waals surface area contributed by atoms with E-state index in [1.54, 1.807) is 54.6 Å². The highest BCUT2D eigenvalue weighted by atomic mass is 16.2. The van der Waals surface area contributed by atoms with Crippen LogP contribution in [-0.4, -0.2) is 17.7 Å². The van der Waals surface area contributed by atoms with Crippen molar-refractivity contribution in [1.82, 2.24) is 0 Å². The first kappa shape index (κ1) is 17.8. The number of anilines is 2. The number of nitrogens with one attached hydrogen (secondary N) is 1. The lowest BCUT2D eigenvalue weighted by Crippen LogP contribution is -2.29. The van der Waals surface area contributed by atoms with Crippen LogP contribution in [0, 0.1) is 0 Å². The second-order valence-electron chi connectivity index (χ2n) is 7.05. The molecule has 0 unspecified atom stereocenters. The average molecular weight is 392 g/mol. The van der Waals surface area contributed by atoms with Crippen molar-refractivity contribution in [3.05, 3.63) is 108 Å². The maximum absolute atomic E-state index is 12.6. The van der Waals surface area contributed by atoms with Gasteiger partial charge in [-0.15, -0.1) is 0 Å². The Balaban J connectivity index is 1.36. The summed E-state index contributed by atoms with van der Waals surface area (Å²) in [5.74, 6) is -0.915. The first-order chi connectivity index (χ1) is 14.6. The molecule has 3 amide bonds. The summed E-state index contributed by atoms with van der Waals surface area (Å²) in [4.78, 5) is 39.0. The zero-order valence-corrected chi connectivity index (χ0v) is 15.8. The molecule has 0 saturated heterocycles. The third-order valence-corrected chi connectivity index (χ3v) is 5.19. The molecule has 144 valence electrons. The van der Waals surface area contributed by atoms with Gasteiger partial charge < -0.3 is 5.32 Å². The van der Waals surface area contributed by atoms with Gasteiger partial charge in [-0.2, -0.15) is 0 Å². The van der Waals surface area contributed by atoms with Crippen LogP contribution in [0.3, 0.4) is 0 Å². The van der Waals surface area contributed by atoms with E-state index >= 15 is 0 Å². The molecule has 0 bridgehead atoms. The number of nitrogens with zero attached hydrogens (tertiary/aromatic N) is 1. The van der Waals surface area contributed by atoms with E-state index in [2.05, 4.69) is 5.32 Å². The van der Waals surface area contributed by atoms with E-state index in [4.69, 9.17) is 0 Å². The maximum atomic E-state index is 12.6. The van der Waals surface area contributed by atoms with Crippen molar-refractivity contribution in [1.29, 1.82) is 0 Å². The fourth-order valence-corrected chi connectivity index (χ4v) is 3.65. The zero-order valence-electron chi connectivity index (χ0n) is 15.8. The van der Waals surface area contributed by atoms with Crippen LogP contribution in [0.15, 0.2) is 91.0 Å². The van der Waals surface area contributed by atoms with E-state index in [0.717, 1.165) is 15.7 Å². The van der Waals surface area contributed by atoms with Crippen molar-refractivity contribution in [3.8, 4) is 0 Å². The maximum Gasteiger partial charge on any atom is 0.266 e. The highest BCUT2D eigenvalue weighted by Crippen LogP contribution is 2.29. The van der Waals surface area contributed by atoms with Crippen molar-refractivity contribution < 1.29 is 14.4 Å². The lowest BCUT2D eigenvalue weighted by Gasteiger charge is -2.14. The van der Waals surface area contributed by atoms with Gasteiger partial charge in [-0.3, -0.25) is 14.4 Å². The van der Waals surface area contributed by atoms with Crippen molar-refractivity contribution in [2.75, 3.05) is 10.2 Å². The van der Waals surface area contributed by atoms with Crippen LogP contribution in [0.1, 0.15) is 31.1 Å². The van der Waals surface area contributed by atoms with E-state index in [1.807, 2.05) is 36.4 Å². The molecule has 0 saturated carbocycles. The fourth-order valence-electron chi connectivity index (χ4n) is 3.65. The molecule has 4 aromatic rings. The van der Waals surface area contributed by atoms with E-state index in [1.165, 1.54) is 0 Å². The van der Waals surface area contributed by atoms with Gasteiger partial charge in [0.1, 0.15) is 0 Å².